The van der Waals surface area contributed by atoms with Crippen LogP contribution in [0.5, 0.6) is 0 Å². The molecule has 0 radical (unpaired) electrons. The zero-order chi connectivity index (χ0) is 8.77. The Kier molecular flexibility index (Phi) is 1.65. The predicted octanol–water partition coefficient (Wildman–Crippen LogP) is 0.564. The molecule has 1 saturated heterocycles. The van der Waals surface area contributed by atoms with Gasteiger partial charge in [0.05, 0.1) is 12.2 Å². The van der Waals surface area contributed by atoms with E-state index in [0.717, 1.165) is 26.1 Å². The van der Waals surface area contributed by atoms with Gasteiger partial charge in [0.15, 0.2) is 0 Å². The molecule has 0 aromatic rings. The Bertz CT molecular complexity index is 209. The van der Waals surface area contributed by atoms with E-state index in [0.29, 0.717) is 11.8 Å². The van der Waals surface area contributed by atoms with Crippen molar-refractivity contribution in [1.29, 1.82) is 0 Å². The number of nitrogens with one attached hydrogen (secondary N) is 1. The van der Waals surface area contributed by atoms with Crippen molar-refractivity contribution in [2.45, 2.75) is 32.2 Å². The normalized spacial score (nSPS) is 25.9. The third-order valence-corrected chi connectivity index (χ3v) is 2.64. The Labute approximate surface area is 73.1 Å². The molecule has 0 aromatic heterocycles. The van der Waals surface area contributed by atoms with Crippen LogP contribution in [0.1, 0.15) is 26.7 Å². The maximum atomic E-state index is 11.7. The molecular weight excluding hydrogens is 152 g/mol. The molecule has 12 heavy (non-hydrogen) atoms. The smallest absolute Gasteiger partial charge is 0.243 e. The molecule has 1 aliphatic carbocycles. The Balaban J connectivity index is 1.97. The summed E-state index contributed by atoms with van der Waals surface area (Å²) >= 11 is 0. The number of hydrogen-bond acceptors (Lipinski definition) is 2. The first-order valence-corrected chi connectivity index (χ1v) is 4.68. The Morgan fingerprint density at radius 3 is 2.67 bits per heavy atom. The van der Waals surface area contributed by atoms with Crippen molar-refractivity contribution in [3.8, 4) is 0 Å². The highest BCUT2D eigenvalue weighted by atomic mass is 16.2. The highest BCUT2D eigenvalue weighted by molar-refractivity contribution is 5.91. The Morgan fingerprint density at radius 1 is 1.58 bits per heavy atom. The van der Waals surface area contributed by atoms with E-state index in [1.807, 2.05) is 4.90 Å². The van der Waals surface area contributed by atoms with E-state index in [-0.39, 0.29) is 5.54 Å². The summed E-state index contributed by atoms with van der Waals surface area (Å²) in [7, 11) is 0. The minimum atomic E-state index is -0.102. The van der Waals surface area contributed by atoms with Gasteiger partial charge in [-0.3, -0.25) is 10.1 Å². The number of carbonyl (C=O) groups is 1. The molecule has 1 saturated carbocycles. The third-order valence-electron chi connectivity index (χ3n) is 2.64. The monoisotopic (exact) mass is 168 g/mol. The van der Waals surface area contributed by atoms with Gasteiger partial charge in [0.25, 0.3) is 0 Å². The van der Waals surface area contributed by atoms with Crippen molar-refractivity contribution in [3.05, 3.63) is 0 Å². The quantitative estimate of drug-likeness (QED) is 0.653. The summed E-state index contributed by atoms with van der Waals surface area (Å²) in [6, 6.07) is 0. The molecule has 0 bridgehead atoms. The van der Waals surface area contributed by atoms with Gasteiger partial charge in [-0.25, -0.2) is 0 Å². The van der Waals surface area contributed by atoms with Gasteiger partial charge in [0.2, 0.25) is 5.91 Å². The fourth-order valence-corrected chi connectivity index (χ4v) is 1.80. The molecule has 0 atom stereocenters. The van der Waals surface area contributed by atoms with Gasteiger partial charge in [0, 0.05) is 6.54 Å². The average molecular weight is 168 g/mol. The highest BCUT2D eigenvalue weighted by Gasteiger charge is 2.55. The zero-order valence-corrected chi connectivity index (χ0v) is 7.76. The fraction of sp³-hybridized carbons (Fsp3) is 0.889. The van der Waals surface area contributed by atoms with Gasteiger partial charge in [0.1, 0.15) is 0 Å². The second-order valence-electron chi connectivity index (χ2n) is 4.34. The van der Waals surface area contributed by atoms with E-state index in [1.54, 1.807) is 0 Å². The molecule has 2 aliphatic rings. The molecule has 3 nitrogen and oxygen atoms in total. The highest BCUT2D eigenvalue weighted by Crippen LogP contribution is 2.40. The number of carbonyl (C=O) groups excluding carboxylic acids is 1. The van der Waals surface area contributed by atoms with Gasteiger partial charge in [-0.15, -0.1) is 0 Å². The van der Waals surface area contributed by atoms with Crippen LogP contribution in [0.2, 0.25) is 0 Å². The summed E-state index contributed by atoms with van der Waals surface area (Å²) < 4.78 is 0. The predicted molar refractivity (Wildman–Crippen MR) is 46.5 cm³/mol. The van der Waals surface area contributed by atoms with Crippen LogP contribution in [0.15, 0.2) is 0 Å². The van der Waals surface area contributed by atoms with Gasteiger partial charge in [-0.05, 0) is 18.8 Å². The number of amides is 1. The molecule has 2 rings (SSSR count). The SMILES string of the molecule is CC(C)CN1CNC2(CC2)C1=O. The summed E-state index contributed by atoms with van der Waals surface area (Å²) in [5.41, 5.74) is -0.102. The van der Waals surface area contributed by atoms with Crippen molar-refractivity contribution in [3.63, 3.8) is 0 Å². The average Bonchev–Trinajstić information content (AvgIpc) is 2.71. The molecule has 0 aromatic carbocycles. The minimum absolute atomic E-state index is 0.102. The van der Waals surface area contributed by atoms with Gasteiger partial charge >= 0.3 is 0 Å². The van der Waals surface area contributed by atoms with E-state index in [4.69, 9.17) is 0 Å². The van der Waals surface area contributed by atoms with E-state index in [2.05, 4.69) is 19.2 Å². The van der Waals surface area contributed by atoms with Crippen molar-refractivity contribution in [2.75, 3.05) is 13.2 Å². The molecule has 3 heteroatoms. The second-order valence-corrected chi connectivity index (χ2v) is 4.34. The van der Waals surface area contributed by atoms with Crippen LogP contribution < -0.4 is 5.32 Å². The van der Waals surface area contributed by atoms with E-state index in [1.165, 1.54) is 0 Å². The Hall–Kier alpha value is -0.570. The van der Waals surface area contributed by atoms with Crippen LogP contribution >= 0.6 is 0 Å². The summed E-state index contributed by atoms with van der Waals surface area (Å²) in [5, 5.41) is 3.29. The van der Waals surface area contributed by atoms with Crippen LogP contribution in [0, 0.1) is 5.92 Å². The lowest BCUT2D eigenvalue weighted by molar-refractivity contribution is -0.130. The van der Waals surface area contributed by atoms with Crippen molar-refractivity contribution in [2.24, 2.45) is 5.92 Å². The molecule has 1 N–H and O–H groups in total. The van der Waals surface area contributed by atoms with Crippen molar-refractivity contribution in [1.82, 2.24) is 10.2 Å². The summed E-state index contributed by atoms with van der Waals surface area (Å²) in [6.07, 6.45) is 2.08. The first kappa shape index (κ1) is 8.05. The number of rotatable bonds is 2. The molecule has 1 spiro atoms. The first-order valence-electron chi connectivity index (χ1n) is 4.68. The van der Waals surface area contributed by atoms with E-state index in [9.17, 15) is 4.79 Å². The lowest BCUT2D eigenvalue weighted by Gasteiger charge is -2.17. The summed E-state index contributed by atoms with van der Waals surface area (Å²) in [6.45, 7) is 5.95. The fourth-order valence-electron chi connectivity index (χ4n) is 1.80. The molecular formula is C9H16N2O. The largest absolute Gasteiger partial charge is 0.328 e. The van der Waals surface area contributed by atoms with Crippen molar-refractivity contribution < 1.29 is 4.79 Å². The lowest BCUT2D eigenvalue weighted by atomic mass is 10.2. The topological polar surface area (TPSA) is 32.3 Å². The summed E-state index contributed by atoms with van der Waals surface area (Å²) in [5.74, 6) is 0.904. The molecule has 1 aliphatic heterocycles. The number of nitrogens with zero attached hydrogens (tertiary/aromatic N) is 1. The minimum Gasteiger partial charge on any atom is -0.328 e. The maximum Gasteiger partial charge on any atom is 0.243 e. The Morgan fingerprint density at radius 2 is 2.25 bits per heavy atom. The molecule has 1 heterocycles. The first-order chi connectivity index (χ1) is 5.64. The van der Waals surface area contributed by atoms with Crippen LogP contribution in [0.4, 0.5) is 0 Å². The molecule has 68 valence electrons. The van der Waals surface area contributed by atoms with E-state index >= 15 is 0 Å². The van der Waals surface area contributed by atoms with Gasteiger partial charge in [-0.1, -0.05) is 13.8 Å². The summed E-state index contributed by atoms with van der Waals surface area (Å²) in [4.78, 5) is 13.6. The van der Waals surface area contributed by atoms with Crippen molar-refractivity contribution >= 4 is 5.91 Å². The maximum absolute atomic E-state index is 11.7. The van der Waals surface area contributed by atoms with Crippen LogP contribution in [-0.4, -0.2) is 29.6 Å². The van der Waals surface area contributed by atoms with Crippen LogP contribution in [0.3, 0.4) is 0 Å². The molecule has 0 unspecified atom stereocenters. The van der Waals surface area contributed by atoms with Gasteiger partial charge in [-0.2, -0.15) is 0 Å². The molecule has 1 amide bonds. The zero-order valence-electron chi connectivity index (χ0n) is 7.76. The second kappa shape index (κ2) is 2.46. The van der Waals surface area contributed by atoms with Gasteiger partial charge < -0.3 is 4.90 Å². The third kappa shape index (κ3) is 1.12. The van der Waals surface area contributed by atoms with Crippen LogP contribution in [0.25, 0.3) is 0 Å². The molecule has 2 fully saturated rings. The number of hydrogen-bond donors (Lipinski definition) is 1. The lowest BCUT2D eigenvalue weighted by Crippen LogP contribution is -2.34. The van der Waals surface area contributed by atoms with E-state index < -0.39 is 0 Å². The standard InChI is InChI=1S/C9H16N2O/c1-7(2)5-11-6-10-9(3-4-9)8(11)12/h7,10H,3-6H2,1-2H3. The van der Waals surface area contributed by atoms with Crippen LogP contribution in [-0.2, 0) is 4.79 Å².